The summed E-state index contributed by atoms with van der Waals surface area (Å²) in [7, 11) is -3.39. The number of rotatable bonds is 5. The first-order valence-electron chi connectivity index (χ1n) is 4.68. The Labute approximate surface area is 89.7 Å². The Morgan fingerprint density at radius 3 is 2.67 bits per heavy atom. The van der Waals surface area contributed by atoms with E-state index in [-0.39, 0.29) is 11.8 Å². The first kappa shape index (κ1) is 12.2. The van der Waals surface area contributed by atoms with Gasteiger partial charge in [0, 0.05) is 6.54 Å². The number of nitrogens with one attached hydrogen (secondary N) is 1. The van der Waals surface area contributed by atoms with Crippen LogP contribution in [-0.4, -0.2) is 20.7 Å². The molecule has 0 aliphatic rings. The molecule has 0 radical (unpaired) electrons. The van der Waals surface area contributed by atoms with E-state index < -0.39 is 10.0 Å². The second-order valence-corrected chi connectivity index (χ2v) is 5.23. The van der Waals surface area contributed by atoms with Crippen LogP contribution in [0.4, 0.5) is 0 Å². The van der Waals surface area contributed by atoms with Gasteiger partial charge in [-0.2, -0.15) is 0 Å². The highest BCUT2D eigenvalue weighted by molar-refractivity contribution is 7.89. The highest BCUT2D eigenvalue weighted by Crippen LogP contribution is 2.14. The van der Waals surface area contributed by atoms with Crippen LogP contribution in [0.2, 0.25) is 0 Å². The number of primary sulfonamides is 1. The van der Waals surface area contributed by atoms with Gasteiger partial charge in [-0.3, -0.25) is 0 Å². The molecule has 0 saturated carbocycles. The van der Waals surface area contributed by atoms with Crippen LogP contribution in [0.3, 0.4) is 0 Å². The molecule has 3 N–H and O–H groups in total. The monoisotopic (exact) mass is 232 g/mol. The summed E-state index contributed by atoms with van der Waals surface area (Å²) in [5, 5.41) is 7.89. The molecule has 0 aliphatic heterocycles. The first-order valence-corrected chi connectivity index (χ1v) is 6.40. The summed E-state index contributed by atoms with van der Waals surface area (Å²) >= 11 is 0. The molecule has 1 heterocycles. The zero-order valence-electron chi connectivity index (χ0n) is 8.86. The molecule has 1 rings (SSSR count). The van der Waals surface area contributed by atoms with Crippen molar-refractivity contribution in [1.82, 2.24) is 5.32 Å². The maximum Gasteiger partial charge on any atom is 0.210 e. The third-order valence-corrected chi connectivity index (χ3v) is 2.80. The van der Waals surface area contributed by atoms with E-state index in [0.29, 0.717) is 6.54 Å². The second-order valence-electron chi connectivity index (χ2n) is 3.49. The molecule has 5 nitrogen and oxygen atoms in total. The third kappa shape index (κ3) is 4.46. The quantitative estimate of drug-likeness (QED) is 0.775. The lowest BCUT2D eigenvalue weighted by Gasteiger charge is -2.10. The first-order chi connectivity index (χ1) is 6.88. The predicted octanol–water partition coefficient (Wildman–Crippen LogP) is 0.527. The van der Waals surface area contributed by atoms with E-state index in [4.69, 9.17) is 9.56 Å². The van der Waals surface area contributed by atoms with E-state index >= 15 is 0 Å². The van der Waals surface area contributed by atoms with Crippen molar-refractivity contribution in [3.05, 3.63) is 23.7 Å². The fourth-order valence-corrected chi connectivity index (χ4v) is 1.61. The van der Waals surface area contributed by atoms with E-state index in [1.54, 1.807) is 0 Å². The van der Waals surface area contributed by atoms with Crippen molar-refractivity contribution in [3.8, 4) is 0 Å². The van der Waals surface area contributed by atoms with Crippen molar-refractivity contribution in [3.63, 3.8) is 0 Å². The summed E-state index contributed by atoms with van der Waals surface area (Å²) in [6, 6.07) is 3.72. The maximum absolute atomic E-state index is 10.7. The van der Waals surface area contributed by atoms with Crippen molar-refractivity contribution in [2.75, 3.05) is 12.3 Å². The molecular weight excluding hydrogens is 216 g/mol. The van der Waals surface area contributed by atoms with Crippen LogP contribution in [-0.2, 0) is 10.0 Å². The smallest absolute Gasteiger partial charge is 0.210 e. The normalized spacial score (nSPS) is 14.1. The largest absolute Gasteiger partial charge is 0.465 e. The average Bonchev–Trinajstić information content (AvgIpc) is 2.49. The van der Waals surface area contributed by atoms with Gasteiger partial charge in [-0.1, -0.05) is 0 Å². The number of hydrogen-bond donors (Lipinski definition) is 2. The SMILES string of the molecule is Cc1ccc(C(C)NCCS(N)(=O)=O)o1. The minimum atomic E-state index is -3.39. The van der Waals surface area contributed by atoms with E-state index in [0.717, 1.165) is 11.5 Å². The highest BCUT2D eigenvalue weighted by atomic mass is 32.2. The Hall–Kier alpha value is -0.850. The van der Waals surface area contributed by atoms with Crippen LogP contribution < -0.4 is 10.5 Å². The summed E-state index contributed by atoms with van der Waals surface area (Å²) in [5.41, 5.74) is 0. The van der Waals surface area contributed by atoms with Gasteiger partial charge in [0.15, 0.2) is 0 Å². The van der Waals surface area contributed by atoms with Gasteiger partial charge in [0.2, 0.25) is 10.0 Å². The lowest BCUT2D eigenvalue weighted by molar-refractivity contribution is 0.421. The van der Waals surface area contributed by atoms with E-state index in [1.165, 1.54) is 0 Å². The summed E-state index contributed by atoms with van der Waals surface area (Å²) in [6.07, 6.45) is 0. The van der Waals surface area contributed by atoms with Crippen molar-refractivity contribution in [2.45, 2.75) is 19.9 Å². The molecule has 15 heavy (non-hydrogen) atoms. The van der Waals surface area contributed by atoms with Crippen LogP contribution in [0.1, 0.15) is 24.5 Å². The number of hydrogen-bond acceptors (Lipinski definition) is 4. The summed E-state index contributed by atoms with van der Waals surface area (Å²) in [6.45, 7) is 4.09. The molecule has 0 bridgehead atoms. The molecule has 0 aromatic carbocycles. The lowest BCUT2D eigenvalue weighted by Crippen LogP contribution is -2.28. The van der Waals surface area contributed by atoms with E-state index in [9.17, 15) is 8.42 Å². The predicted molar refractivity (Wildman–Crippen MR) is 57.8 cm³/mol. The van der Waals surface area contributed by atoms with Gasteiger partial charge in [-0.15, -0.1) is 0 Å². The molecule has 6 heteroatoms. The molecule has 0 spiro atoms. The van der Waals surface area contributed by atoms with Crippen LogP contribution >= 0.6 is 0 Å². The van der Waals surface area contributed by atoms with Gasteiger partial charge in [0.05, 0.1) is 11.8 Å². The molecule has 86 valence electrons. The van der Waals surface area contributed by atoms with Gasteiger partial charge < -0.3 is 9.73 Å². The fourth-order valence-electron chi connectivity index (χ4n) is 1.20. The molecule has 0 saturated heterocycles. The van der Waals surface area contributed by atoms with Crippen LogP contribution in [0.5, 0.6) is 0 Å². The molecule has 0 fully saturated rings. The maximum atomic E-state index is 10.7. The van der Waals surface area contributed by atoms with E-state index in [2.05, 4.69) is 5.32 Å². The molecule has 0 amide bonds. The number of sulfonamides is 1. The van der Waals surface area contributed by atoms with Crippen LogP contribution in [0.25, 0.3) is 0 Å². The lowest BCUT2D eigenvalue weighted by atomic mass is 10.2. The number of nitrogens with two attached hydrogens (primary N) is 1. The van der Waals surface area contributed by atoms with Gasteiger partial charge in [0.1, 0.15) is 11.5 Å². The van der Waals surface area contributed by atoms with E-state index in [1.807, 2.05) is 26.0 Å². The Balaban J connectivity index is 2.40. The Bertz CT molecular complexity index is 411. The molecular formula is C9H16N2O3S. The topological polar surface area (TPSA) is 85.3 Å². The van der Waals surface area contributed by atoms with Crippen LogP contribution in [0, 0.1) is 6.92 Å². The van der Waals surface area contributed by atoms with Gasteiger partial charge in [-0.05, 0) is 26.0 Å². The zero-order chi connectivity index (χ0) is 11.5. The van der Waals surface area contributed by atoms with Crippen molar-refractivity contribution in [1.29, 1.82) is 0 Å². The van der Waals surface area contributed by atoms with Crippen molar-refractivity contribution >= 4 is 10.0 Å². The van der Waals surface area contributed by atoms with Gasteiger partial charge in [-0.25, -0.2) is 13.6 Å². The molecule has 1 aromatic rings. The Morgan fingerprint density at radius 1 is 1.53 bits per heavy atom. The van der Waals surface area contributed by atoms with Crippen LogP contribution in [0.15, 0.2) is 16.5 Å². The number of aryl methyl sites for hydroxylation is 1. The summed E-state index contributed by atoms with van der Waals surface area (Å²) in [4.78, 5) is 0. The van der Waals surface area contributed by atoms with Gasteiger partial charge >= 0.3 is 0 Å². The van der Waals surface area contributed by atoms with Gasteiger partial charge in [0.25, 0.3) is 0 Å². The summed E-state index contributed by atoms with van der Waals surface area (Å²) in [5.74, 6) is 1.56. The minimum absolute atomic E-state index is 0.0135. The molecule has 1 unspecified atom stereocenters. The summed E-state index contributed by atoms with van der Waals surface area (Å²) < 4.78 is 26.7. The zero-order valence-corrected chi connectivity index (χ0v) is 9.67. The molecule has 1 aromatic heterocycles. The fraction of sp³-hybridized carbons (Fsp3) is 0.556. The van der Waals surface area contributed by atoms with Crippen molar-refractivity contribution < 1.29 is 12.8 Å². The minimum Gasteiger partial charge on any atom is -0.465 e. The highest BCUT2D eigenvalue weighted by Gasteiger charge is 2.09. The average molecular weight is 232 g/mol. The number of furan rings is 1. The molecule has 1 atom stereocenters. The molecule has 0 aliphatic carbocycles. The standard InChI is InChI=1S/C9H16N2O3S/c1-7-3-4-9(14-7)8(2)11-5-6-15(10,12)13/h3-4,8,11H,5-6H2,1-2H3,(H2,10,12,13). The third-order valence-electron chi connectivity index (χ3n) is 2.03. The van der Waals surface area contributed by atoms with Crippen molar-refractivity contribution in [2.24, 2.45) is 5.14 Å². The Kier molecular flexibility index (Phi) is 3.90. The second kappa shape index (κ2) is 4.78. The Morgan fingerprint density at radius 2 is 2.20 bits per heavy atom.